The standard InChI is InChI=1S/C14H31N3/c1-12(15)13(2,3)10-17(6)11-14(16(4)5)8-7-9-14/h12H,7-11,15H2,1-6H3. The van der Waals surface area contributed by atoms with Crippen LogP contribution in [0.5, 0.6) is 0 Å². The predicted molar refractivity (Wildman–Crippen MR) is 75.2 cm³/mol. The quantitative estimate of drug-likeness (QED) is 0.769. The molecule has 1 fully saturated rings. The summed E-state index contributed by atoms with van der Waals surface area (Å²) in [6.45, 7) is 8.86. The Balaban J connectivity index is 2.52. The second-order valence-corrected chi connectivity index (χ2v) is 6.92. The van der Waals surface area contributed by atoms with E-state index < -0.39 is 0 Å². The van der Waals surface area contributed by atoms with Crippen molar-refractivity contribution < 1.29 is 0 Å². The SMILES string of the molecule is CC(N)C(C)(C)CN(C)CC1(N(C)C)CCC1. The molecule has 102 valence electrons. The third-order valence-electron chi connectivity index (χ3n) is 4.71. The number of likely N-dealkylation sites (N-methyl/N-ethyl adjacent to an activating group) is 2. The highest BCUT2D eigenvalue weighted by molar-refractivity contribution is 4.98. The van der Waals surface area contributed by atoms with Crippen molar-refractivity contribution in [3.05, 3.63) is 0 Å². The van der Waals surface area contributed by atoms with E-state index in [-0.39, 0.29) is 11.5 Å². The fourth-order valence-electron chi connectivity index (χ4n) is 2.73. The highest BCUT2D eigenvalue weighted by Crippen LogP contribution is 2.37. The molecule has 0 heterocycles. The zero-order valence-electron chi connectivity index (χ0n) is 12.6. The van der Waals surface area contributed by atoms with Gasteiger partial charge in [-0.25, -0.2) is 0 Å². The molecule has 3 heteroatoms. The maximum Gasteiger partial charge on any atom is 0.0330 e. The molecule has 1 atom stereocenters. The van der Waals surface area contributed by atoms with Gasteiger partial charge in [-0.15, -0.1) is 0 Å². The lowest BCUT2D eigenvalue weighted by Gasteiger charge is -2.50. The van der Waals surface area contributed by atoms with Gasteiger partial charge in [0.25, 0.3) is 0 Å². The fourth-order valence-corrected chi connectivity index (χ4v) is 2.73. The lowest BCUT2D eigenvalue weighted by atomic mass is 9.75. The number of nitrogens with two attached hydrogens (primary N) is 1. The van der Waals surface area contributed by atoms with E-state index in [2.05, 4.69) is 51.7 Å². The minimum absolute atomic E-state index is 0.187. The van der Waals surface area contributed by atoms with Crippen molar-refractivity contribution in [1.82, 2.24) is 9.80 Å². The summed E-state index contributed by atoms with van der Waals surface area (Å²) in [5, 5.41) is 0. The molecule has 0 aliphatic heterocycles. The second kappa shape index (κ2) is 5.25. The topological polar surface area (TPSA) is 32.5 Å². The summed E-state index contributed by atoms with van der Waals surface area (Å²) in [6, 6.07) is 0.238. The summed E-state index contributed by atoms with van der Waals surface area (Å²) >= 11 is 0. The first-order valence-electron chi connectivity index (χ1n) is 6.81. The van der Waals surface area contributed by atoms with Crippen LogP contribution >= 0.6 is 0 Å². The average molecular weight is 241 g/mol. The van der Waals surface area contributed by atoms with Gasteiger partial charge in [0.2, 0.25) is 0 Å². The number of hydrogen-bond donors (Lipinski definition) is 1. The Morgan fingerprint density at radius 3 is 2.06 bits per heavy atom. The zero-order valence-corrected chi connectivity index (χ0v) is 12.6. The monoisotopic (exact) mass is 241 g/mol. The van der Waals surface area contributed by atoms with Crippen LogP contribution in [0.4, 0.5) is 0 Å². The van der Waals surface area contributed by atoms with Crippen molar-refractivity contribution >= 4 is 0 Å². The Bertz CT molecular complexity index is 242. The van der Waals surface area contributed by atoms with E-state index >= 15 is 0 Å². The van der Waals surface area contributed by atoms with E-state index in [0.29, 0.717) is 5.54 Å². The van der Waals surface area contributed by atoms with Gasteiger partial charge in [-0.2, -0.15) is 0 Å². The Morgan fingerprint density at radius 1 is 1.24 bits per heavy atom. The van der Waals surface area contributed by atoms with Crippen LogP contribution in [0.25, 0.3) is 0 Å². The summed E-state index contributed by atoms with van der Waals surface area (Å²) < 4.78 is 0. The Labute approximate surface area is 107 Å². The van der Waals surface area contributed by atoms with Crippen molar-refractivity contribution in [2.45, 2.75) is 51.6 Å². The molecule has 1 saturated carbocycles. The van der Waals surface area contributed by atoms with Crippen LogP contribution in [-0.4, -0.2) is 55.6 Å². The van der Waals surface area contributed by atoms with Crippen LogP contribution in [0.2, 0.25) is 0 Å². The zero-order chi connectivity index (χ0) is 13.3. The fraction of sp³-hybridized carbons (Fsp3) is 1.00. The van der Waals surface area contributed by atoms with Crippen molar-refractivity contribution in [3.8, 4) is 0 Å². The molecule has 0 aromatic heterocycles. The number of rotatable bonds is 6. The molecule has 0 saturated heterocycles. The Morgan fingerprint density at radius 2 is 1.76 bits per heavy atom. The summed E-state index contributed by atoms with van der Waals surface area (Å²) in [7, 11) is 6.65. The second-order valence-electron chi connectivity index (χ2n) is 6.92. The number of nitrogens with zero attached hydrogens (tertiary/aromatic N) is 2. The summed E-state index contributed by atoms with van der Waals surface area (Å²) in [5.41, 5.74) is 6.66. The molecule has 0 aromatic carbocycles. The van der Waals surface area contributed by atoms with Gasteiger partial charge in [0.15, 0.2) is 0 Å². The molecule has 1 aliphatic carbocycles. The largest absolute Gasteiger partial charge is 0.327 e. The van der Waals surface area contributed by atoms with E-state index in [4.69, 9.17) is 5.73 Å². The molecular weight excluding hydrogens is 210 g/mol. The van der Waals surface area contributed by atoms with Crippen molar-refractivity contribution in [3.63, 3.8) is 0 Å². The normalized spacial score (nSPS) is 21.7. The molecule has 1 unspecified atom stereocenters. The van der Waals surface area contributed by atoms with E-state index in [1.54, 1.807) is 0 Å². The highest BCUT2D eigenvalue weighted by atomic mass is 15.2. The maximum atomic E-state index is 6.05. The molecule has 1 aliphatic rings. The molecule has 0 aromatic rings. The molecule has 2 N–H and O–H groups in total. The first-order valence-corrected chi connectivity index (χ1v) is 6.81. The minimum atomic E-state index is 0.187. The Kier molecular flexibility index (Phi) is 4.61. The first-order chi connectivity index (χ1) is 7.69. The summed E-state index contributed by atoms with van der Waals surface area (Å²) in [5.74, 6) is 0. The van der Waals surface area contributed by atoms with E-state index in [0.717, 1.165) is 13.1 Å². The third-order valence-corrected chi connectivity index (χ3v) is 4.71. The predicted octanol–water partition coefficient (Wildman–Crippen LogP) is 1.78. The number of hydrogen-bond acceptors (Lipinski definition) is 3. The van der Waals surface area contributed by atoms with Gasteiger partial charge < -0.3 is 15.5 Å². The van der Waals surface area contributed by atoms with Crippen molar-refractivity contribution in [2.75, 3.05) is 34.2 Å². The average Bonchev–Trinajstić information content (AvgIpc) is 2.09. The minimum Gasteiger partial charge on any atom is -0.327 e. The molecular formula is C14H31N3. The smallest absolute Gasteiger partial charge is 0.0330 e. The highest BCUT2D eigenvalue weighted by Gasteiger charge is 2.40. The van der Waals surface area contributed by atoms with Gasteiger partial charge in [-0.1, -0.05) is 13.8 Å². The molecule has 0 amide bonds. The van der Waals surface area contributed by atoms with Crippen molar-refractivity contribution in [1.29, 1.82) is 0 Å². The van der Waals surface area contributed by atoms with Crippen LogP contribution in [-0.2, 0) is 0 Å². The van der Waals surface area contributed by atoms with Crippen LogP contribution in [0.3, 0.4) is 0 Å². The van der Waals surface area contributed by atoms with Crippen molar-refractivity contribution in [2.24, 2.45) is 11.1 Å². The van der Waals surface area contributed by atoms with Crippen LogP contribution < -0.4 is 5.73 Å². The van der Waals surface area contributed by atoms with E-state index in [1.807, 2.05) is 0 Å². The molecule has 0 spiro atoms. The van der Waals surface area contributed by atoms with Gasteiger partial charge in [0.1, 0.15) is 0 Å². The third kappa shape index (κ3) is 3.43. The maximum absolute atomic E-state index is 6.05. The lowest BCUT2D eigenvalue weighted by Crippen LogP contribution is -2.58. The van der Waals surface area contributed by atoms with Gasteiger partial charge in [0.05, 0.1) is 0 Å². The summed E-state index contributed by atoms with van der Waals surface area (Å²) in [4.78, 5) is 4.87. The lowest BCUT2D eigenvalue weighted by molar-refractivity contribution is 0.0170. The Hall–Kier alpha value is -0.120. The van der Waals surface area contributed by atoms with Crippen LogP contribution in [0.1, 0.15) is 40.0 Å². The van der Waals surface area contributed by atoms with Gasteiger partial charge in [-0.3, -0.25) is 0 Å². The molecule has 0 radical (unpaired) electrons. The first kappa shape index (κ1) is 14.9. The van der Waals surface area contributed by atoms with Gasteiger partial charge >= 0.3 is 0 Å². The van der Waals surface area contributed by atoms with Crippen LogP contribution in [0.15, 0.2) is 0 Å². The van der Waals surface area contributed by atoms with E-state index in [1.165, 1.54) is 19.3 Å². The van der Waals surface area contributed by atoms with Crippen LogP contribution in [0, 0.1) is 5.41 Å². The van der Waals surface area contributed by atoms with E-state index in [9.17, 15) is 0 Å². The van der Waals surface area contributed by atoms with Gasteiger partial charge in [-0.05, 0) is 52.7 Å². The van der Waals surface area contributed by atoms with Gasteiger partial charge in [0, 0.05) is 24.7 Å². The molecule has 1 rings (SSSR count). The molecule has 0 bridgehead atoms. The molecule has 17 heavy (non-hydrogen) atoms. The summed E-state index contributed by atoms with van der Waals surface area (Å²) in [6.07, 6.45) is 4.05. The molecule has 3 nitrogen and oxygen atoms in total.